The van der Waals surface area contributed by atoms with Gasteiger partial charge in [-0.1, -0.05) is 12.1 Å². The molecule has 4 rings (SSSR count). The van der Waals surface area contributed by atoms with Gasteiger partial charge in [-0.15, -0.1) is 0 Å². The zero-order valence-corrected chi connectivity index (χ0v) is 19.4. The molecule has 0 aliphatic carbocycles. The van der Waals surface area contributed by atoms with Crippen LogP contribution in [0.2, 0.25) is 0 Å². The summed E-state index contributed by atoms with van der Waals surface area (Å²) in [6.07, 6.45) is 1.54. The molecule has 2 atom stereocenters. The monoisotopic (exact) mass is 488 g/mol. The molecule has 8 nitrogen and oxygen atoms in total. The quantitative estimate of drug-likeness (QED) is 0.620. The average Bonchev–Trinajstić information content (AvgIpc) is 3.30. The minimum absolute atomic E-state index is 0.0365. The van der Waals surface area contributed by atoms with Crippen LogP contribution in [0.3, 0.4) is 0 Å². The highest BCUT2D eigenvalue weighted by atomic mass is 19.1. The number of hydrogen-bond donors (Lipinski definition) is 2. The summed E-state index contributed by atoms with van der Waals surface area (Å²) in [4.78, 5) is 30.5. The van der Waals surface area contributed by atoms with E-state index >= 15 is 0 Å². The molecule has 2 fully saturated rings. The van der Waals surface area contributed by atoms with E-state index in [-0.39, 0.29) is 24.8 Å². The van der Waals surface area contributed by atoms with Gasteiger partial charge in [-0.2, -0.15) is 0 Å². The molecule has 3 N–H and O–H groups in total. The van der Waals surface area contributed by atoms with Crippen LogP contribution >= 0.6 is 0 Å². The van der Waals surface area contributed by atoms with E-state index in [0.717, 1.165) is 12.8 Å². The topological polar surface area (TPSA) is 109 Å². The lowest BCUT2D eigenvalue weighted by atomic mass is 9.98. The van der Waals surface area contributed by atoms with Gasteiger partial charge in [-0.25, -0.2) is 18.6 Å². The first-order valence-electron chi connectivity index (χ1n) is 11.8. The van der Waals surface area contributed by atoms with Gasteiger partial charge >= 0.3 is 6.09 Å². The van der Waals surface area contributed by atoms with Crippen LogP contribution in [0.25, 0.3) is 11.1 Å². The van der Waals surface area contributed by atoms with Crippen LogP contribution in [0.5, 0.6) is 5.88 Å². The number of halogens is 2. The third-order valence-corrected chi connectivity index (χ3v) is 6.67. The largest absolute Gasteiger partial charge is 0.477 e. The van der Waals surface area contributed by atoms with E-state index in [1.165, 1.54) is 15.9 Å². The molecular weight excluding hydrogens is 458 g/mol. The van der Waals surface area contributed by atoms with Crippen LogP contribution in [0.1, 0.15) is 24.8 Å². The standard InChI is InChI=1S/C25H30F2N4O4/c26-20-7-10-31(14-20)24(32)22(28)12-18-2-1-17(11-21(18)27)19-3-4-23(29-13-19)35-15-16-5-8-30(9-6-16)25(33)34/h1-4,11,13,16,20,22H,5-10,12,14-15,28H2,(H,33,34)/t20-,22-/m0/s1. The Hall–Kier alpha value is -3.27. The number of hydrogen-bond acceptors (Lipinski definition) is 5. The smallest absolute Gasteiger partial charge is 0.407 e. The molecule has 2 aliphatic rings. The molecule has 2 aliphatic heterocycles. The second-order valence-electron chi connectivity index (χ2n) is 9.20. The number of pyridine rings is 1. The van der Waals surface area contributed by atoms with Crippen molar-refractivity contribution in [3.8, 4) is 17.0 Å². The number of ether oxygens (including phenoxy) is 1. The Morgan fingerprint density at radius 2 is 1.83 bits per heavy atom. The number of rotatable bonds is 7. The predicted molar refractivity (Wildman–Crippen MR) is 125 cm³/mol. The van der Waals surface area contributed by atoms with Crippen molar-refractivity contribution in [1.82, 2.24) is 14.8 Å². The number of amides is 2. The number of likely N-dealkylation sites (tertiary alicyclic amines) is 2. The Balaban J connectivity index is 1.30. The van der Waals surface area contributed by atoms with Crippen LogP contribution in [0.4, 0.5) is 13.6 Å². The number of nitrogens with two attached hydrogens (primary N) is 1. The van der Waals surface area contributed by atoms with Crippen molar-refractivity contribution in [2.45, 2.75) is 37.9 Å². The van der Waals surface area contributed by atoms with Crippen molar-refractivity contribution >= 4 is 12.0 Å². The SMILES string of the molecule is N[C@@H](Cc1ccc(-c2ccc(OCC3CCN(C(=O)O)CC3)nc2)cc1F)C(=O)N1CC[C@H](F)C1. The summed E-state index contributed by atoms with van der Waals surface area (Å²) < 4.78 is 33.9. The lowest BCUT2D eigenvalue weighted by Gasteiger charge is -2.29. The van der Waals surface area contributed by atoms with Crippen LogP contribution in [0, 0.1) is 11.7 Å². The number of alkyl halides is 1. The first kappa shape index (κ1) is 24.8. The molecule has 1 aromatic carbocycles. The number of piperidine rings is 1. The van der Waals surface area contributed by atoms with Gasteiger partial charge in [0.15, 0.2) is 0 Å². The third kappa shape index (κ3) is 6.25. The molecule has 1 aromatic heterocycles. The lowest BCUT2D eigenvalue weighted by molar-refractivity contribution is -0.131. The van der Waals surface area contributed by atoms with Crippen molar-refractivity contribution in [2.75, 3.05) is 32.8 Å². The van der Waals surface area contributed by atoms with Crippen molar-refractivity contribution in [3.63, 3.8) is 0 Å². The summed E-state index contributed by atoms with van der Waals surface area (Å²) in [5, 5.41) is 9.02. The van der Waals surface area contributed by atoms with Gasteiger partial charge in [-0.05, 0) is 54.9 Å². The van der Waals surface area contributed by atoms with Gasteiger partial charge in [0.25, 0.3) is 0 Å². The van der Waals surface area contributed by atoms with Gasteiger partial charge in [-0.3, -0.25) is 4.79 Å². The molecule has 35 heavy (non-hydrogen) atoms. The Morgan fingerprint density at radius 3 is 2.43 bits per heavy atom. The minimum Gasteiger partial charge on any atom is -0.477 e. The summed E-state index contributed by atoms with van der Waals surface area (Å²) >= 11 is 0. The van der Waals surface area contributed by atoms with E-state index in [4.69, 9.17) is 15.6 Å². The number of benzene rings is 1. The average molecular weight is 489 g/mol. The summed E-state index contributed by atoms with van der Waals surface area (Å²) in [7, 11) is 0. The molecule has 0 spiro atoms. The first-order chi connectivity index (χ1) is 16.8. The maximum atomic E-state index is 14.8. The first-order valence-corrected chi connectivity index (χ1v) is 11.8. The van der Waals surface area contributed by atoms with Crippen molar-refractivity contribution in [1.29, 1.82) is 0 Å². The zero-order valence-electron chi connectivity index (χ0n) is 19.4. The van der Waals surface area contributed by atoms with Gasteiger partial charge in [0.2, 0.25) is 11.8 Å². The van der Waals surface area contributed by atoms with Crippen molar-refractivity contribution < 1.29 is 28.2 Å². The highest BCUT2D eigenvalue weighted by molar-refractivity contribution is 5.82. The van der Waals surface area contributed by atoms with E-state index in [9.17, 15) is 18.4 Å². The van der Waals surface area contributed by atoms with Gasteiger partial charge in [0.1, 0.15) is 12.0 Å². The van der Waals surface area contributed by atoms with Gasteiger partial charge in [0, 0.05) is 37.5 Å². The Kier molecular flexibility index (Phi) is 7.80. The molecule has 0 unspecified atom stereocenters. The van der Waals surface area contributed by atoms with Crippen LogP contribution in [-0.4, -0.2) is 76.9 Å². The van der Waals surface area contributed by atoms with Crippen molar-refractivity contribution in [3.05, 3.63) is 47.9 Å². The molecule has 3 heterocycles. The zero-order chi connectivity index (χ0) is 24.9. The highest BCUT2D eigenvalue weighted by Gasteiger charge is 2.29. The molecule has 10 heteroatoms. The second kappa shape index (κ2) is 11.0. The molecule has 0 bridgehead atoms. The van der Waals surface area contributed by atoms with E-state index in [1.807, 2.05) is 0 Å². The van der Waals surface area contributed by atoms with E-state index in [1.54, 1.807) is 30.5 Å². The Morgan fingerprint density at radius 1 is 1.11 bits per heavy atom. The van der Waals surface area contributed by atoms with Gasteiger partial charge < -0.3 is 25.4 Å². The summed E-state index contributed by atoms with van der Waals surface area (Å²) in [5.41, 5.74) is 7.65. The lowest BCUT2D eigenvalue weighted by Crippen LogP contribution is -2.44. The third-order valence-electron chi connectivity index (χ3n) is 6.67. The molecule has 2 amide bonds. The number of carbonyl (C=O) groups excluding carboxylic acids is 1. The number of carbonyl (C=O) groups is 2. The maximum Gasteiger partial charge on any atom is 0.407 e. The van der Waals surface area contributed by atoms with E-state index < -0.39 is 24.1 Å². The summed E-state index contributed by atoms with van der Waals surface area (Å²) in [6, 6.07) is 7.32. The Labute approximate surface area is 202 Å². The van der Waals surface area contributed by atoms with Crippen LogP contribution in [-0.2, 0) is 11.2 Å². The molecule has 188 valence electrons. The molecule has 0 radical (unpaired) electrons. The van der Waals surface area contributed by atoms with E-state index in [2.05, 4.69) is 4.98 Å². The summed E-state index contributed by atoms with van der Waals surface area (Å²) in [5.74, 6) is -0.103. The molecule has 0 saturated carbocycles. The van der Waals surface area contributed by atoms with Crippen LogP contribution < -0.4 is 10.5 Å². The summed E-state index contributed by atoms with van der Waals surface area (Å²) in [6.45, 7) is 1.86. The fraction of sp³-hybridized carbons (Fsp3) is 0.480. The molecular formula is C25H30F2N4O4. The molecule has 2 saturated heterocycles. The fourth-order valence-electron chi connectivity index (χ4n) is 4.50. The maximum absolute atomic E-state index is 14.8. The van der Waals surface area contributed by atoms with E-state index in [0.29, 0.717) is 55.2 Å². The highest BCUT2D eigenvalue weighted by Crippen LogP contribution is 2.25. The van der Waals surface area contributed by atoms with Gasteiger partial charge in [0.05, 0.1) is 19.2 Å². The van der Waals surface area contributed by atoms with Crippen LogP contribution in [0.15, 0.2) is 36.5 Å². The number of nitrogens with zero attached hydrogens (tertiary/aromatic N) is 3. The van der Waals surface area contributed by atoms with Crippen molar-refractivity contribution in [2.24, 2.45) is 11.7 Å². The fourth-order valence-corrected chi connectivity index (χ4v) is 4.50. The molecule has 2 aromatic rings. The predicted octanol–water partition coefficient (Wildman–Crippen LogP) is 3.10. The number of carboxylic acid groups (broad SMARTS) is 1. The second-order valence-corrected chi connectivity index (χ2v) is 9.20. The normalized spacial score (nSPS) is 19.6. The minimum atomic E-state index is -1.02. The number of aromatic nitrogens is 1. The Bertz CT molecular complexity index is 1040.